The molecule has 11 nitrogen and oxygen atoms in total. The first-order valence-corrected chi connectivity index (χ1v) is 15.6. The molecule has 2 atom stereocenters. The summed E-state index contributed by atoms with van der Waals surface area (Å²) in [5, 5.41) is 4.89. The maximum absolute atomic E-state index is 13.2. The van der Waals surface area contributed by atoms with Gasteiger partial charge in [0.2, 0.25) is 0 Å². The van der Waals surface area contributed by atoms with E-state index in [1.807, 2.05) is 13.8 Å². The zero-order valence-electron chi connectivity index (χ0n) is 22.9. The van der Waals surface area contributed by atoms with Crippen LogP contribution in [-0.2, 0) is 24.5 Å². The van der Waals surface area contributed by atoms with Crippen molar-refractivity contribution in [1.82, 2.24) is 9.88 Å². The maximum atomic E-state index is 13.2. The lowest BCUT2D eigenvalue weighted by Crippen LogP contribution is -2.29. The number of ether oxygens (including phenoxy) is 3. The Balaban J connectivity index is 1.45. The summed E-state index contributed by atoms with van der Waals surface area (Å²) in [6.07, 6.45) is 1.20. The van der Waals surface area contributed by atoms with Crippen molar-refractivity contribution >= 4 is 36.1 Å². The van der Waals surface area contributed by atoms with Crippen LogP contribution in [0.3, 0.4) is 0 Å². The summed E-state index contributed by atoms with van der Waals surface area (Å²) in [5.41, 5.74) is 0.773. The number of benzene rings is 1. The average molecular weight is 582 g/mol. The SMILES string of the molecule is CCOP(=O)(Cc1csc(NC(=O)c2cc(OC(C)C)cc(O[C@H]3CC34CCN(C(=O)OC)C4)c2)n1)OCC. The first-order chi connectivity index (χ1) is 18.6. The van der Waals surface area contributed by atoms with Gasteiger partial charge < -0.3 is 28.2 Å². The molecular weight excluding hydrogens is 545 g/mol. The number of amides is 2. The van der Waals surface area contributed by atoms with Crippen molar-refractivity contribution in [3.8, 4) is 11.5 Å². The first kappa shape index (κ1) is 29.3. The quantitative estimate of drug-likeness (QED) is 0.321. The van der Waals surface area contributed by atoms with Gasteiger partial charge in [-0.05, 0) is 52.7 Å². The monoisotopic (exact) mass is 581 g/mol. The van der Waals surface area contributed by atoms with Gasteiger partial charge in [0.15, 0.2) is 5.13 Å². The van der Waals surface area contributed by atoms with Crippen LogP contribution < -0.4 is 14.8 Å². The minimum Gasteiger partial charge on any atom is -0.491 e. The third-order valence-electron chi connectivity index (χ3n) is 6.50. The highest BCUT2D eigenvalue weighted by Gasteiger charge is 2.60. The number of hydrogen-bond acceptors (Lipinski definition) is 10. The Bertz CT molecular complexity index is 1230. The lowest BCUT2D eigenvalue weighted by molar-refractivity contribution is 0.102. The second-order valence-electron chi connectivity index (χ2n) is 9.88. The Kier molecular flexibility index (Phi) is 9.21. The van der Waals surface area contributed by atoms with Gasteiger partial charge in [-0.25, -0.2) is 9.78 Å². The molecule has 4 rings (SSSR count). The molecule has 2 aromatic rings. The van der Waals surface area contributed by atoms with E-state index in [0.717, 1.165) is 12.8 Å². The van der Waals surface area contributed by atoms with Gasteiger partial charge in [0.25, 0.3) is 5.91 Å². The van der Waals surface area contributed by atoms with E-state index in [1.54, 1.807) is 42.3 Å². The summed E-state index contributed by atoms with van der Waals surface area (Å²) in [5.74, 6) is 0.654. The van der Waals surface area contributed by atoms with Crippen molar-refractivity contribution in [3.63, 3.8) is 0 Å². The number of aromatic nitrogens is 1. The van der Waals surface area contributed by atoms with E-state index in [1.165, 1.54) is 18.4 Å². The molecule has 13 heteroatoms. The van der Waals surface area contributed by atoms with Crippen LogP contribution >= 0.6 is 18.9 Å². The van der Waals surface area contributed by atoms with Crippen molar-refractivity contribution in [1.29, 1.82) is 0 Å². The molecule has 1 spiro atoms. The molecule has 1 unspecified atom stereocenters. The van der Waals surface area contributed by atoms with E-state index in [0.29, 0.717) is 41.0 Å². The molecular formula is C26H36N3O8PS. The van der Waals surface area contributed by atoms with E-state index < -0.39 is 7.60 Å². The van der Waals surface area contributed by atoms with Crippen LogP contribution in [0.1, 0.15) is 56.6 Å². The number of nitrogens with zero attached hydrogens (tertiary/aromatic N) is 2. The van der Waals surface area contributed by atoms with Crippen molar-refractivity contribution in [2.24, 2.45) is 5.41 Å². The number of likely N-dealkylation sites (tertiary alicyclic amines) is 1. The largest absolute Gasteiger partial charge is 0.491 e. The van der Waals surface area contributed by atoms with Crippen molar-refractivity contribution in [3.05, 3.63) is 34.8 Å². The average Bonchev–Trinajstić information content (AvgIpc) is 3.16. The molecule has 1 aliphatic heterocycles. The Hall–Kier alpha value is -2.66. The van der Waals surface area contributed by atoms with Crippen molar-refractivity contribution < 1.29 is 37.4 Å². The van der Waals surface area contributed by atoms with Crippen LogP contribution in [-0.4, -0.2) is 67.5 Å². The summed E-state index contributed by atoms with van der Waals surface area (Å²) >= 11 is 1.23. The number of hydrogen-bond donors (Lipinski definition) is 1. The topological polar surface area (TPSA) is 126 Å². The van der Waals surface area contributed by atoms with Gasteiger partial charge in [-0.15, -0.1) is 11.3 Å². The zero-order chi connectivity index (χ0) is 28.2. The van der Waals surface area contributed by atoms with Crippen LogP contribution in [0, 0.1) is 5.41 Å². The summed E-state index contributed by atoms with van der Waals surface area (Å²) < 4.78 is 40.5. The van der Waals surface area contributed by atoms with Crippen LogP contribution in [0.5, 0.6) is 11.5 Å². The molecule has 1 aliphatic carbocycles. The van der Waals surface area contributed by atoms with Gasteiger partial charge in [-0.2, -0.15) is 0 Å². The predicted octanol–water partition coefficient (Wildman–Crippen LogP) is 5.56. The van der Waals surface area contributed by atoms with E-state index in [4.69, 9.17) is 23.3 Å². The lowest BCUT2D eigenvalue weighted by atomic mass is 10.1. The fourth-order valence-electron chi connectivity index (χ4n) is 4.69. The highest BCUT2D eigenvalue weighted by atomic mass is 32.1. The fraction of sp³-hybridized carbons (Fsp3) is 0.577. The molecule has 214 valence electrons. The molecule has 0 bridgehead atoms. The van der Waals surface area contributed by atoms with Gasteiger partial charge in [0, 0.05) is 35.5 Å². The van der Waals surface area contributed by atoms with E-state index in [-0.39, 0.29) is 49.0 Å². The predicted molar refractivity (Wildman–Crippen MR) is 147 cm³/mol. The maximum Gasteiger partial charge on any atom is 0.409 e. The summed E-state index contributed by atoms with van der Waals surface area (Å²) in [4.78, 5) is 31.2. The van der Waals surface area contributed by atoms with Gasteiger partial charge in [0.05, 0.1) is 38.3 Å². The van der Waals surface area contributed by atoms with Gasteiger partial charge in [0.1, 0.15) is 17.6 Å². The fourth-order valence-corrected chi connectivity index (χ4v) is 7.12. The van der Waals surface area contributed by atoms with Gasteiger partial charge >= 0.3 is 13.7 Å². The number of thiazole rings is 1. The van der Waals surface area contributed by atoms with Crippen LogP contribution in [0.4, 0.5) is 9.93 Å². The Morgan fingerprint density at radius 3 is 2.59 bits per heavy atom. The summed E-state index contributed by atoms with van der Waals surface area (Å²) in [7, 11) is -1.93. The molecule has 1 aromatic heterocycles. The minimum atomic E-state index is -3.31. The van der Waals surface area contributed by atoms with E-state index in [9.17, 15) is 14.2 Å². The van der Waals surface area contributed by atoms with Crippen molar-refractivity contribution in [2.45, 2.75) is 58.9 Å². The van der Waals surface area contributed by atoms with E-state index >= 15 is 0 Å². The highest BCUT2D eigenvalue weighted by molar-refractivity contribution is 7.53. The third-order valence-corrected chi connectivity index (χ3v) is 9.33. The standard InChI is InChI=1S/C26H36N3O8PS/c1-6-34-38(32,35-7-2)14-19-15-39-24(27-19)28-23(30)18-10-20(36-17(3)4)12-21(11-18)37-22-13-26(22)8-9-29(16-26)25(31)33-5/h10-12,15,17,22H,6-9,13-14,16H2,1-5H3,(H,27,28,30)/t22-,26?/m0/s1. The number of carbonyl (C=O) groups is 2. The number of nitrogens with one attached hydrogen (secondary N) is 1. The summed E-state index contributed by atoms with van der Waals surface area (Å²) in [6.45, 7) is 9.06. The summed E-state index contributed by atoms with van der Waals surface area (Å²) in [6, 6.07) is 5.11. The lowest BCUT2D eigenvalue weighted by Gasteiger charge is -2.16. The first-order valence-electron chi connectivity index (χ1n) is 13.0. The number of rotatable bonds is 12. The molecule has 1 N–H and O–H groups in total. The zero-order valence-corrected chi connectivity index (χ0v) is 24.6. The molecule has 2 fully saturated rings. The molecule has 0 radical (unpaired) electrons. The molecule has 2 heterocycles. The molecule has 39 heavy (non-hydrogen) atoms. The minimum absolute atomic E-state index is 0.0211. The second-order valence-corrected chi connectivity index (χ2v) is 12.8. The van der Waals surface area contributed by atoms with Crippen LogP contribution in [0.25, 0.3) is 0 Å². The van der Waals surface area contributed by atoms with Crippen molar-refractivity contribution in [2.75, 3.05) is 38.7 Å². The number of anilines is 1. The highest BCUT2D eigenvalue weighted by Crippen LogP contribution is 2.55. The van der Waals surface area contributed by atoms with E-state index in [2.05, 4.69) is 10.3 Å². The molecule has 2 aliphatic rings. The Morgan fingerprint density at radius 1 is 1.21 bits per heavy atom. The Labute approximate surface area is 232 Å². The number of carbonyl (C=O) groups excluding carboxylic acids is 2. The van der Waals surface area contributed by atoms with Gasteiger partial charge in [-0.1, -0.05) is 0 Å². The molecule has 1 aromatic carbocycles. The van der Waals surface area contributed by atoms with Crippen LogP contribution in [0.15, 0.2) is 23.6 Å². The second kappa shape index (κ2) is 12.2. The smallest absolute Gasteiger partial charge is 0.409 e. The normalized spacial score (nSPS) is 20.4. The Morgan fingerprint density at radius 2 is 1.92 bits per heavy atom. The molecule has 1 saturated heterocycles. The van der Waals surface area contributed by atoms with Gasteiger partial charge in [-0.3, -0.25) is 14.7 Å². The molecule has 1 saturated carbocycles. The number of methoxy groups -OCH3 is 1. The third kappa shape index (κ3) is 7.30. The van der Waals surface area contributed by atoms with Crippen LogP contribution in [0.2, 0.25) is 0 Å². The molecule has 2 amide bonds.